The molecule has 9 heteroatoms. The van der Waals surface area contributed by atoms with Crippen molar-refractivity contribution < 1.29 is 30.4 Å². The van der Waals surface area contributed by atoms with Gasteiger partial charge in [0.1, 0.15) is 0 Å². The molecule has 0 saturated heterocycles. The molecule has 1 unspecified atom stereocenters. The predicted octanol–water partition coefficient (Wildman–Crippen LogP) is 2.96. The number of fused-ring (bicyclic) bond motifs is 1. The average Bonchev–Trinajstić information content (AvgIpc) is 2.31. The molecular weight excluding hydrogens is 317 g/mol. The molecule has 1 aliphatic rings. The zero-order valence-electron chi connectivity index (χ0n) is 10.8. The van der Waals surface area contributed by atoms with Crippen molar-refractivity contribution in [3.63, 3.8) is 0 Å². The van der Waals surface area contributed by atoms with E-state index in [2.05, 4.69) is 0 Å². The lowest BCUT2D eigenvalue weighted by Crippen LogP contribution is -2.42. The molecular formula is C12H12F5NO2S. The zero-order valence-corrected chi connectivity index (χ0v) is 11.7. The van der Waals surface area contributed by atoms with E-state index in [9.17, 15) is 30.4 Å². The smallest absolute Gasteiger partial charge is 0.211 e. The quantitative estimate of drug-likeness (QED) is 0.848. The molecule has 0 radical (unpaired) electrons. The molecule has 0 spiro atoms. The minimum absolute atomic E-state index is 0.00215. The molecule has 1 aromatic carbocycles. The molecule has 1 aromatic rings. The molecule has 118 valence electrons. The van der Waals surface area contributed by atoms with E-state index in [0.29, 0.717) is 5.56 Å². The summed E-state index contributed by atoms with van der Waals surface area (Å²) in [5.74, 6) is -6.11. The summed E-state index contributed by atoms with van der Waals surface area (Å²) >= 11 is 0. The number of rotatable bonds is 2. The Hall–Kier alpha value is -1.22. The van der Waals surface area contributed by atoms with Crippen molar-refractivity contribution in [1.82, 2.24) is 4.72 Å². The molecule has 0 aromatic heterocycles. The van der Waals surface area contributed by atoms with Crippen LogP contribution in [0.5, 0.6) is 0 Å². The predicted molar refractivity (Wildman–Crippen MR) is 64.7 cm³/mol. The second-order valence-corrected chi connectivity index (χ2v) is 6.73. The van der Waals surface area contributed by atoms with Gasteiger partial charge in [0.2, 0.25) is 10.0 Å². The summed E-state index contributed by atoms with van der Waals surface area (Å²) in [6, 6.07) is 4.01. The molecule has 0 saturated carbocycles. The topological polar surface area (TPSA) is 46.2 Å². The summed E-state index contributed by atoms with van der Waals surface area (Å²) in [6.45, 7) is 1.12. The van der Waals surface area contributed by atoms with Crippen molar-refractivity contribution >= 4 is 10.0 Å². The summed E-state index contributed by atoms with van der Waals surface area (Å²) < 4.78 is 88.9. The molecule has 0 amide bonds. The highest BCUT2D eigenvalue weighted by molar-refractivity contribution is 7.89. The lowest BCUT2D eigenvalue weighted by atomic mass is 9.91. The molecule has 1 heterocycles. The van der Waals surface area contributed by atoms with Gasteiger partial charge in [0.15, 0.2) is 0 Å². The van der Waals surface area contributed by atoms with Gasteiger partial charge in [-0.05, 0) is 18.6 Å². The molecule has 2 rings (SSSR count). The number of halogens is 5. The van der Waals surface area contributed by atoms with Gasteiger partial charge >= 0.3 is 12.1 Å². The second-order valence-electron chi connectivity index (χ2n) is 5.00. The first kappa shape index (κ1) is 16.2. The molecule has 1 atom stereocenters. The molecule has 1 N–H and O–H groups in total. The minimum atomic E-state index is -5.66. The number of benzene rings is 1. The lowest BCUT2D eigenvalue weighted by molar-refractivity contribution is -0.285. The summed E-state index contributed by atoms with van der Waals surface area (Å²) in [5.41, 5.74) is 0.587. The Balaban J connectivity index is 2.43. The van der Waals surface area contributed by atoms with Crippen LogP contribution < -0.4 is 4.72 Å². The second kappa shape index (κ2) is 4.91. The van der Waals surface area contributed by atoms with Gasteiger partial charge in [-0.15, -0.1) is 0 Å². The zero-order chi connectivity index (χ0) is 16.1. The van der Waals surface area contributed by atoms with E-state index >= 15 is 0 Å². The summed E-state index contributed by atoms with van der Waals surface area (Å²) in [5, 5.41) is 0. The van der Waals surface area contributed by atoms with Crippen molar-refractivity contribution in [3.8, 4) is 0 Å². The van der Waals surface area contributed by atoms with Gasteiger partial charge in [0, 0.05) is 18.9 Å². The third kappa shape index (κ3) is 3.03. The Morgan fingerprint density at radius 3 is 2.43 bits per heavy atom. The highest BCUT2D eigenvalue weighted by Crippen LogP contribution is 2.44. The Labute approximate surface area is 118 Å². The van der Waals surface area contributed by atoms with E-state index in [1.165, 1.54) is 18.2 Å². The number of hydrogen-bond donors (Lipinski definition) is 1. The molecule has 21 heavy (non-hydrogen) atoms. The third-order valence-corrected chi connectivity index (χ3v) is 4.83. The van der Waals surface area contributed by atoms with Crippen LogP contribution in [0.3, 0.4) is 0 Å². The van der Waals surface area contributed by atoms with Crippen molar-refractivity contribution in [2.75, 3.05) is 6.54 Å². The summed E-state index contributed by atoms with van der Waals surface area (Å²) in [4.78, 5) is -0.248. The van der Waals surface area contributed by atoms with Crippen molar-refractivity contribution in [1.29, 1.82) is 0 Å². The minimum Gasteiger partial charge on any atom is -0.211 e. The molecule has 0 fully saturated rings. The first-order valence-corrected chi connectivity index (χ1v) is 7.47. The van der Waals surface area contributed by atoms with Crippen LogP contribution in [0.15, 0.2) is 23.1 Å². The van der Waals surface area contributed by atoms with Gasteiger partial charge in [0.25, 0.3) is 0 Å². The van der Waals surface area contributed by atoms with E-state index < -0.39 is 41.0 Å². The highest BCUT2D eigenvalue weighted by atomic mass is 32.2. The van der Waals surface area contributed by atoms with Crippen LogP contribution in [0, 0.1) is 6.92 Å². The fourth-order valence-electron chi connectivity index (χ4n) is 2.24. The third-order valence-electron chi connectivity index (χ3n) is 3.33. The van der Waals surface area contributed by atoms with Crippen molar-refractivity contribution in [2.24, 2.45) is 0 Å². The maximum atomic E-state index is 13.2. The van der Waals surface area contributed by atoms with Crippen LogP contribution in [-0.2, 0) is 10.0 Å². The Morgan fingerprint density at radius 1 is 1.24 bits per heavy atom. The maximum absolute atomic E-state index is 13.2. The Morgan fingerprint density at radius 2 is 1.86 bits per heavy atom. The number of sulfonamides is 1. The SMILES string of the molecule is Cc1ccc2c(c1)C(CC(F)(F)C(F)(F)F)CNS2(=O)=O. The van der Waals surface area contributed by atoms with Crippen LogP contribution in [0.2, 0.25) is 0 Å². The normalized spacial score (nSPS) is 21.9. The first-order valence-electron chi connectivity index (χ1n) is 5.99. The van der Waals surface area contributed by atoms with E-state index in [0.717, 1.165) is 0 Å². The van der Waals surface area contributed by atoms with Gasteiger partial charge in [-0.1, -0.05) is 17.7 Å². The van der Waals surface area contributed by atoms with Crippen molar-refractivity contribution in [3.05, 3.63) is 29.3 Å². The van der Waals surface area contributed by atoms with Crippen LogP contribution in [0.25, 0.3) is 0 Å². The van der Waals surface area contributed by atoms with Gasteiger partial charge in [-0.25, -0.2) is 13.1 Å². The maximum Gasteiger partial charge on any atom is 0.453 e. The number of hydrogen-bond acceptors (Lipinski definition) is 2. The van der Waals surface area contributed by atoms with Crippen LogP contribution in [-0.4, -0.2) is 27.1 Å². The number of nitrogens with one attached hydrogen (secondary N) is 1. The molecule has 1 aliphatic heterocycles. The van der Waals surface area contributed by atoms with E-state index in [1.54, 1.807) is 6.92 Å². The fraction of sp³-hybridized carbons (Fsp3) is 0.500. The molecule has 0 aliphatic carbocycles. The highest BCUT2D eigenvalue weighted by Gasteiger charge is 2.58. The number of alkyl halides is 5. The Bertz CT molecular complexity index is 654. The largest absolute Gasteiger partial charge is 0.453 e. The fourth-order valence-corrected chi connectivity index (χ4v) is 3.60. The van der Waals surface area contributed by atoms with Crippen LogP contribution in [0.1, 0.15) is 23.5 Å². The monoisotopic (exact) mass is 329 g/mol. The lowest BCUT2D eigenvalue weighted by Gasteiger charge is -2.30. The van der Waals surface area contributed by atoms with Crippen LogP contribution in [0.4, 0.5) is 22.0 Å². The van der Waals surface area contributed by atoms with Gasteiger partial charge < -0.3 is 0 Å². The average molecular weight is 329 g/mol. The van der Waals surface area contributed by atoms with Gasteiger partial charge in [0.05, 0.1) is 4.90 Å². The standard InChI is InChI=1S/C12H12F5NO2S/c1-7-2-3-10-9(4-7)8(6-18-21(10,19)20)5-11(13,14)12(15,16)17/h2-4,8,18H,5-6H2,1H3. The number of aryl methyl sites for hydroxylation is 1. The van der Waals surface area contributed by atoms with E-state index in [4.69, 9.17) is 0 Å². The van der Waals surface area contributed by atoms with Gasteiger partial charge in [-0.3, -0.25) is 0 Å². The summed E-state index contributed by atoms with van der Waals surface area (Å²) in [7, 11) is -3.86. The Kier molecular flexibility index (Phi) is 3.78. The first-order chi connectivity index (χ1) is 9.44. The van der Waals surface area contributed by atoms with Gasteiger partial charge in [-0.2, -0.15) is 22.0 Å². The van der Waals surface area contributed by atoms with E-state index in [-0.39, 0.29) is 10.5 Å². The van der Waals surface area contributed by atoms with Crippen LogP contribution >= 0.6 is 0 Å². The van der Waals surface area contributed by atoms with Crippen molar-refractivity contribution in [2.45, 2.75) is 36.3 Å². The summed E-state index contributed by atoms with van der Waals surface area (Å²) in [6.07, 6.45) is -7.15. The molecule has 3 nitrogen and oxygen atoms in total. The molecule has 0 bridgehead atoms. The van der Waals surface area contributed by atoms with E-state index in [1.807, 2.05) is 4.72 Å².